The van der Waals surface area contributed by atoms with E-state index in [1.165, 1.54) is 23.9 Å². The highest BCUT2D eigenvalue weighted by atomic mass is 35.5. The highest BCUT2D eigenvalue weighted by Gasteiger charge is 2.42. The number of aromatic nitrogens is 1. The van der Waals surface area contributed by atoms with Crippen LogP contribution in [0, 0.1) is 10.1 Å². The summed E-state index contributed by atoms with van der Waals surface area (Å²) in [4.78, 5) is 19.1. The number of thiocarbonyl (C=S) groups is 1. The van der Waals surface area contributed by atoms with Crippen molar-refractivity contribution in [2.24, 2.45) is 0 Å². The number of non-ortho nitro benzene ring substituents is 1. The summed E-state index contributed by atoms with van der Waals surface area (Å²) in [6.45, 7) is 0. The van der Waals surface area contributed by atoms with Crippen LogP contribution in [0.25, 0.3) is 11.3 Å². The van der Waals surface area contributed by atoms with Crippen LogP contribution in [0.3, 0.4) is 0 Å². The van der Waals surface area contributed by atoms with Gasteiger partial charge in [0.2, 0.25) is 0 Å². The summed E-state index contributed by atoms with van der Waals surface area (Å²) >= 11 is 20.1. The monoisotopic (exact) mass is 618 g/mol. The van der Waals surface area contributed by atoms with Crippen LogP contribution in [0.15, 0.2) is 117 Å². The van der Waals surface area contributed by atoms with Crippen LogP contribution in [-0.4, -0.2) is 15.0 Å². The smallest absolute Gasteiger partial charge is 0.269 e. The van der Waals surface area contributed by atoms with Gasteiger partial charge in [0, 0.05) is 39.4 Å². The molecule has 3 heterocycles. The largest absolute Gasteiger partial charge is 0.459 e. The number of hydrogen-bond donors (Lipinski definition) is 1. The summed E-state index contributed by atoms with van der Waals surface area (Å²) in [6, 6.07) is 28.9. The van der Waals surface area contributed by atoms with E-state index in [0.717, 1.165) is 21.2 Å². The number of hydrogen-bond acceptors (Lipinski definition) is 6. The molecule has 1 aliphatic heterocycles. The molecule has 1 aliphatic rings. The van der Waals surface area contributed by atoms with Crippen LogP contribution in [0.5, 0.6) is 0 Å². The molecule has 204 valence electrons. The molecule has 0 amide bonds. The van der Waals surface area contributed by atoms with Crippen molar-refractivity contribution in [3.8, 4) is 11.3 Å². The fourth-order valence-electron chi connectivity index (χ4n) is 4.72. The number of nitro benzene ring substituents is 1. The Morgan fingerprint density at radius 2 is 1.66 bits per heavy atom. The summed E-state index contributed by atoms with van der Waals surface area (Å²) in [6.07, 6.45) is 1.75. The summed E-state index contributed by atoms with van der Waals surface area (Å²) in [7, 11) is 0. The van der Waals surface area contributed by atoms with Crippen molar-refractivity contribution >= 4 is 63.7 Å². The minimum atomic E-state index is -0.406. The van der Waals surface area contributed by atoms with Gasteiger partial charge in [-0.1, -0.05) is 47.1 Å². The molecule has 0 saturated carbocycles. The number of nitrogens with one attached hydrogen (secondary N) is 1. The molecule has 0 spiro atoms. The van der Waals surface area contributed by atoms with E-state index < -0.39 is 4.92 Å². The van der Waals surface area contributed by atoms with Gasteiger partial charge in [-0.25, -0.2) is 0 Å². The zero-order valence-corrected chi connectivity index (χ0v) is 24.3. The molecule has 1 fully saturated rings. The molecule has 7 nitrogen and oxygen atoms in total. The molecular formula is C30H20Cl2N4O3S2. The van der Waals surface area contributed by atoms with Crippen LogP contribution >= 0.6 is 47.2 Å². The van der Waals surface area contributed by atoms with Gasteiger partial charge in [-0.15, -0.1) is 0 Å². The predicted molar refractivity (Wildman–Crippen MR) is 166 cm³/mol. The van der Waals surface area contributed by atoms with Crippen LogP contribution in [-0.2, 0) is 0 Å². The second-order valence-electron chi connectivity index (χ2n) is 9.15. The lowest BCUT2D eigenvalue weighted by molar-refractivity contribution is -0.384. The molecule has 0 unspecified atom stereocenters. The Balaban J connectivity index is 1.33. The molecule has 41 heavy (non-hydrogen) atoms. The second-order valence-corrected chi connectivity index (χ2v) is 11.5. The number of rotatable bonds is 7. The number of furan rings is 1. The van der Waals surface area contributed by atoms with Gasteiger partial charge in [0.05, 0.1) is 26.7 Å². The molecule has 2 aromatic heterocycles. The highest BCUT2D eigenvalue weighted by Crippen LogP contribution is 2.44. The van der Waals surface area contributed by atoms with Crippen molar-refractivity contribution in [2.75, 3.05) is 4.90 Å². The third kappa shape index (κ3) is 5.54. The topological polar surface area (TPSA) is 84.4 Å². The summed E-state index contributed by atoms with van der Waals surface area (Å²) in [5.74, 6) is 1.28. The van der Waals surface area contributed by atoms with E-state index in [9.17, 15) is 10.1 Å². The van der Waals surface area contributed by atoms with E-state index in [2.05, 4.69) is 10.3 Å². The summed E-state index contributed by atoms with van der Waals surface area (Å²) in [5.41, 5.74) is 2.46. The van der Waals surface area contributed by atoms with Crippen molar-refractivity contribution in [3.63, 3.8) is 0 Å². The normalized spacial score (nSPS) is 16.5. The number of halogens is 2. The molecule has 3 aromatic carbocycles. The maximum atomic E-state index is 11.0. The minimum Gasteiger partial charge on any atom is -0.459 e. The number of pyridine rings is 1. The highest BCUT2D eigenvalue weighted by molar-refractivity contribution is 7.99. The summed E-state index contributed by atoms with van der Waals surface area (Å²) in [5, 5.41) is 15.8. The molecule has 0 bridgehead atoms. The van der Waals surface area contributed by atoms with Crippen LogP contribution < -0.4 is 10.2 Å². The Hall–Kier alpha value is -3.89. The van der Waals surface area contributed by atoms with Gasteiger partial charge in [-0.05, 0) is 85.0 Å². The quantitative estimate of drug-likeness (QED) is 0.110. The first-order valence-corrected chi connectivity index (χ1v) is 14.4. The van der Waals surface area contributed by atoms with Gasteiger partial charge in [0.1, 0.15) is 17.6 Å². The number of anilines is 1. The first-order valence-electron chi connectivity index (χ1n) is 12.5. The molecule has 6 rings (SSSR count). The lowest BCUT2D eigenvalue weighted by Crippen LogP contribution is -2.29. The third-order valence-corrected chi connectivity index (χ3v) is 8.78. The summed E-state index contributed by atoms with van der Waals surface area (Å²) < 4.78 is 6.41. The number of nitrogens with zero attached hydrogens (tertiary/aromatic N) is 3. The Kier molecular flexibility index (Phi) is 7.68. The van der Waals surface area contributed by atoms with Gasteiger partial charge < -0.3 is 14.6 Å². The van der Waals surface area contributed by atoms with Crippen molar-refractivity contribution in [1.82, 2.24) is 10.3 Å². The SMILES string of the molecule is O=[N+]([O-])c1ccc(Sc2ccc(N3C(=S)N[C@@H](c4ccccn4)[C@H]3c3ccc(-c4cccc(Cl)c4Cl)o3)cc2)cc1. The Morgan fingerprint density at radius 3 is 2.34 bits per heavy atom. The van der Waals surface area contributed by atoms with Crippen molar-refractivity contribution in [1.29, 1.82) is 0 Å². The Bertz CT molecular complexity index is 1730. The van der Waals surface area contributed by atoms with Crippen molar-refractivity contribution in [2.45, 2.75) is 21.9 Å². The molecule has 11 heteroatoms. The van der Waals surface area contributed by atoms with E-state index in [1.54, 1.807) is 24.4 Å². The van der Waals surface area contributed by atoms with Crippen molar-refractivity contribution < 1.29 is 9.34 Å². The third-order valence-electron chi connectivity index (χ3n) is 6.63. The first-order chi connectivity index (χ1) is 19.9. The van der Waals surface area contributed by atoms with Crippen LogP contribution in [0.2, 0.25) is 10.0 Å². The molecular weight excluding hydrogens is 599 g/mol. The maximum absolute atomic E-state index is 11.0. The molecule has 0 radical (unpaired) electrons. The van der Waals surface area contributed by atoms with E-state index in [-0.39, 0.29) is 17.8 Å². The number of nitro groups is 1. The zero-order chi connectivity index (χ0) is 28.5. The second kappa shape index (κ2) is 11.5. The lowest BCUT2D eigenvalue weighted by atomic mass is 10.0. The predicted octanol–water partition coefficient (Wildman–Crippen LogP) is 8.88. The first kappa shape index (κ1) is 27.3. The van der Waals surface area contributed by atoms with E-state index in [0.29, 0.717) is 32.2 Å². The molecule has 1 N–H and O–H groups in total. The lowest BCUT2D eigenvalue weighted by Gasteiger charge is -2.26. The molecule has 5 aromatic rings. The van der Waals surface area contributed by atoms with E-state index in [1.807, 2.05) is 71.6 Å². The standard InChI is InChI=1S/C30H20Cl2N4O3S2/c31-23-5-3-4-22(27(23)32)25-15-16-26(39-25)29-28(24-6-1-2-17-33-24)34-30(40)35(29)18-7-11-20(12-8-18)41-21-13-9-19(10-14-21)36(37)38/h1-17,28-29H,(H,34,40)/t28-,29+/m0/s1. The zero-order valence-electron chi connectivity index (χ0n) is 21.1. The average molecular weight is 620 g/mol. The average Bonchev–Trinajstić information content (AvgIpc) is 3.60. The van der Waals surface area contributed by atoms with E-state index >= 15 is 0 Å². The van der Waals surface area contributed by atoms with E-state index in [4.69, 9.17) is 39.8 Å². The fraction of sp³-hybridized carbons (Fsp3) is 0.0667. The van der Waals surface area contributed by atoms with Crippen LogP contribution in [0.1, 0.15) is 23.5 Å². The van der Waals surface area contributed by atoms with Gasteiger partial charge in [0.25, 0.3) is 5.69 Å². The van der Waals surface area contributed by atoms with Gasteiger partial charge in [-0.2, -0.15) is 0 Å². The molecule has 1 saturated heterocycles. The van der Waals surface area contributed by atoms with Gasteiger partial charge in [0.15, 0.2) is 5.11 Å². The Labute approximate surface area is 255 Å². The van der Waals surface area contributed by atoms with Crippen molar-refractivity contribution in [3.05, 3.63) is 135 Å². The fourth-order valence-corrected chi connectivity index (χ4v) is 6.28. The maximum Gasteiger partial charge on any atom is 0.269 e. The molecule has 2 atom stereocenters. The van der Waals surface area contributed by atoms with Gasteiger partial charge >= 0.3 is 0 Å². The Morgan fingerprint density at radius 1 is 0.927 bits per heavy atom. The molecule has 0 aliphatic carbocycles. The van der Waals surface area contributed by atoms with Gasteiger partial charge in [-0.3, -0.25) is 15.1 Å². The minimum absolute atomic E-state index is 0.0620. The number of benzene rings is 3. The van der Waals surface area contributed by atoms with Crippen LogP contribution in [0.4, 0.5) is 11.4 Å².